The summed E-state index contributed by atoms with van der Waals surface area (Å²) in [7, 11) is 0. The largest absolute Gasteiger partial charge is 0.311 e. The van der Waals surface area contributed by atoms with Crippen LogP contribution in [-0.4, -0.2) is 11.5 Å². The van der Waals surface area contributed by atoms with Crippen LogP contribution >= 0.6 is 11.3 Å². The molecule has 14 heavy (non-hydrogen) atoms. The van der Waals surface area contributed by atoms with Gasteiger partial charge in [0.15, 0.2) is 0 Å². The van der Waals surface area contributed by atoms with Crippen LogP contribution in [0.3, 0.4) is 0 Å². The first-order chi connectivity index (χ1) is 6.63. The topological polar surface area (TPSA) is 24.9 Å². The van der Waals surface area contributed by atoms with Gasteiger partial charge >= 0.3 is 0 Å². The molecule has 2 rings (SSSR count). The van der Waals surface area contributed by atoms with Crippen molar-refractivity contribution in [2.45, 2.75) is 45.6 Å². The first-order valence-electron chi connectivity index (χ1n) is 5.33. The van der Waals surface area contributed by atoms with E-state index in [4.69, 9.17) is 4.98 Å². The summed E-state index contributed by atoms with van der Waals surface area (Å²) in [5.41, 5.74) is 1.59. The van der Waals surface area contributed by atoms with Gasteiger partial charge in [0, 0.05) is 29.8 Å². The average molecular weight is 210 g/mol. The van der Waals surface area contributed by atoms with Gasteiger partial charge in [0.2, 0.25) is 0 Å². The Morgan fingerprint density at radius 2 is 2.29 bits per heavy atom. The van der Waals surface area contributed by atoms with E-state index >= 15 is 0 Å². The SMILES string of the molecule is CCC(C)(C)c1nc2c(s1)CNCC2. The molecular formula is C11H18N2S. The van der Waals surface area contributed by atoms with Crippen molar-refractivity contribution in [3.63, 3.8) is 0 Å². The highest BCUT2D eigenvalue weighted by Crippen LogP contribution is 2.33. The molecule has 0 spiro atoms. The van der Waals surface area contributed by atoms with Gasteiger partial charge in [0.25, 0.3) is 0 Å². The monoisotopic (exact) mass is 210 g/mol. The summed E-state index contributed by atoms with van der Waals surface area (Å²) in [6.45, 7) is 8.91. The molecule has 78 valence electrons. The van der Waals surface area contributed by atoms with Crippen LogP contribution in [0.25, 0.3) is 0 Å². The predicted molar refractivity (Wildman–Crippen MR) is 60.8 cm³/mol. The maximum absolute atomic E-state index is 4.77. The van der Waals surface area contributed by atoms with E-state index in [0.29, 0.717) is 0 Å². The Labute approximate surface area is 89.8 Å². The zero-order chi connectivity index (χ0) is 10.2. The lowest BCUT2D eigenvalue weighted by molar-refractivity contribution is 0.501. The van der Waals surface area contributed by atoms with Gasteiger partial charge in [-0.2, -0.15) is 0 Å². The third-order valence-corrected chi connectivity index (χ3v) is 4.53. The predicted octanol–water partition coefficient (Wildman–Crippen LogP) is 2.48. The van der Waals surface area contributed by atoms with E-state index in [0.717, 1.165) is 25.9 Å². The van der Waals surface area contributed by atoms with Gasteiger partial charge in [-0.05, 0) is 6.42 Å². The van der Waals surface area contributed by atoms with Crippen molar-refractivity contribution >= 4 is 11.3 Å². The summed E-state index contributed by atoms with van der Waals surface area (Å²) in [5.74, 6) is 0. The summed E-state index contributed by atoms with van der Waals surface area (Å²) in [6, 6.07) is 0. The summed E-state index contributed by atoms with van der Waals surface area (Å²) in [5, 5.41) is 4.71. The van der Waals surface area contributed by atoms with Gasteiger partial charge in [-0.3, -0.25) is 0 Å². The van der Waals surface area contributed by atoms with Crippen LogP contribution in [0.5, 0.6) is 0 Å². The quantitative estimate of drug-likeness (QED) is 0.811. The molecule has 0 saturated heterocycles. The molecule has 1 aliphatic heterocycles. The molecule has 1 N–H and O–H groups in total. The third-order valence-electron chi connectivity index (χ3n) is 3.07. The highest BCUT2D eigenvalue weighted by Gasteiger charge is 2.25. The Kier molecular flexibility index (Phi) is 2.62. The Morgan fingerprint density at radius 3 is 2.93 bits per heavy atom. The fourth-order valence-corrected chi connectivity index (χ4v) is 2.82. The highest BCUT2D eigenvalue weighted by atomic mass is 32.1. The van der Waals surface area contributed by atoms with Crippen LogP contribution in [-0.2, 0) is 18.4 Å². The molecule has 1 aliphatic rings. The molecule has 1 aromatic heterocycles. The van der Waals surface area contributed by atoms with Crippen molar-refractivity contribution in [2.75, 3.05) is 6.54 Å². The number of thiazole rings is 1. The lowest BCUT2D eigenvalue weighted by Crippen LogP contribution is -2.22. The molecule has 2 heterocycles. The number of hydrogen-bond donors (Lipinski definition) is 1. The second-order valence-corrected chi connectivity index (χ2v) is 5.64. The van der Waals surface area contributed by atoms with Gasteiger partial charge in [-0.25, -0.2) is 4.98 Å². The molecular weight excluding hydrogens is 192 g/mol. The standard InChI is InChI=1S/C11H18N2S/c1-4-11(2,3)10-13-8-5-6-12-7-9(8)14-10/h12H,4-7H2,1-3H3. The van der Waals surface area contributed by atoms with Crippen LogP contribution in [0.2, 0.25) is 0 Å². The molecule has 3 heteroatoms. The van der Waals surface area contributed by atoms with E-state index in [-0.39, 0.29) is 5.41 Å². The third kappa shape index (κ3) is 1.71. The summed E-state index contributed by atoms with van der Waals surface area (Å²) < 4.78 is 0. The van der Waals surface area contributed by atoms with Crippen molar-refractivity contribution in [3.05, 3.63) is 15.6 Å². The van der Waals surface area contributed by atoms with Gasteiger partial charge in [0.1, 0.15) is 0 Å². The van der Waals surface area contributed by atoms with Gasteiger partial charge in [-0.15, -0.1) is 11.3 Å². The lowest BCUT2D eigenvalue weighted by Gasteiger charge is -2.18. The maximum Gasteiger partial charge on any atom is 0.0987 e. The number of hydrogen-bond acceptors (Lipinski definition) is 3. The Bertz CT molecular complexity index is 305. The first kappa shape index (κ1) is 10.1. The highest BCUT2D eigenvalue weighted by molar-refractivity contribution is 7.11. The Balaban J connectivity index is 2.32. The molecule has 0 aromatic carbocycles. The van der Waals surface area contributed by atoms with E-state index in [1.807, 2.05) is 11.3 Å². The van der Waals surface area contributed by atoms with Crippen molar-refractivity contribution in [2.24, 2.45) is 0 Å². The maximum atomic E-state index is 4.77. The van der Waals surface area contributed by atoms with Crippen LogP contribution in [0.15, 0.2) is 0 Å². The second kappa shape index (κ2) is 3.63. The van der Waals surface area contributed by atoms with Crippen LogP contribution < -0.4 is 5.32 Å². The minimum atomic E-state index is 0.252. The molecule has 0 saturated carbocycles. The number of rotatable bonds is 2. The smallest absolute Gasteiger partial charge is 0.0987 e. The van der Waals surface area contributed by atoms with Crippen LogP contribution in [0.4, 0.5) is 0 Å². The van der Waals surface area contributed by atoms with Crippen LogP contribution in [0.1, 0.15) is 42.8 Å². The van der Waals surface area contributed by atoms with Crippen molar-refractivity contribution in [1.29, 1.82) is 0 Å². The van der Waals surface area contributed by atoms with Crippen molar-refractivity contribution in [3.8, 4) is 0 Å². The fraction of sp³-hybridized carbons (Fsp3) is 0.727. The van der Waals surface area contributed by atoms with E-state index in [1.165, 1.54) is 15.6 Å². The van der Waals surface area contributed by atoms with Crippen molar-refractivity contribution < 1.29 is 0 Å². The molecule has 0 amide bonds. The molecule has 0 radical (unpaired) electrons. The van der Waals surface area contributed by atoms with E-state index in [1.54, 1.807) is 0 Å². The van der Waals surface area contributed by atoms with Crippen LogP contribution in [0, 0.1) is 0 Å². The number of fused-ring (bicyclic) bond motifs is 1. The minimum Gasteiger partial charge on any atom is -0.311 e. The lowest BCUT2D eigenvalue weighted by atomic mass is 9.91. The van der Waals surface area contributed by atoms with E-state index in [9.17, 15) is 0 Å². The zero-order valence-corrected chi connectivity index (χ0v) is 10.0. The van der Waals surface area contributed by atoms with E-state index < -0.39 is 0 Å². The normalized spacial score (nSPS) is 16.8. The Morgan fingerprint density at radius 1 is 1.50 bits per heavy atom. The van der Waals surface area contributed by atoms with E-state index in [2.05, 4.69) is 26.1 Å². The zero-order valence-electron chi connectivity index (χ0n) is 9.18. The molecule has 2 nitrogen and oxygen atoms in total. The second-order valence-electron chi connectivity index (χ2n) is 4.55. The number of aromatic nitrogens is 1. The number of nitrogens with zero attached hydrogens (tertiary/aromatic N) is 1. The first-order valence-corrected chi connectivity index (χ1v) is 6.15. The molecule has 0 fully saturated rings. The molecule has 0 aliphatic carbocycles. The average Bonchev–Trinajstić information content (AvgIpc) is 2.61. The Hall–Kier alpha value is -0.410. The number of nitrogens with one attached hydrogen (secondary N) is 1. The summed E-state index contributed by atoms with van der Waals surface area (Å²) >= 11 is 1.89. The molecule has 0 bridgehead atoms. The summed E-state index contributed by atoms with van der Waals surface area (Å²) in [4.78, 5) is 6.22. The molecule has 0 atom stereocenters. The van der Waals surface area contributed by atoms with Gasteiger partial charge < -0.3 is 5.32 Å². The van der Waals surface area contributed by atoms with Gasteiger partial charge in [-0.1, -0.05) is 20.8 Å². The molecule has 0 unspecified atom stereocenters. The van der Waals surface area contributed by atoms with Crippen molar-refractivity contribution in [1.82, 2.24) is 10.3 Å². The minimum absolute atomic E-state index is 0.252. The molecule has 1 aromatic rings. The van der Waals surface area contributed by atoms with Gasteiger partial charge in [0.05, 0.1) is 10.7 Å². The summed E-state index contributed by atoms with van der Waals surface area (Å²) in [6.07, 6.45) is 2.26. The fourth-order valence-electron chi connectivity index (χ4n) is 1.57.